The molecule has 0 aromatic rings. The first-order valence-electron chi connectivity index (χ1n) is 1.55. The molecule has 6 heavy (non-hydrogen) atoms. The molecule has 1 radical (unpaired) electrons. The maximum absolute atomic E-state index is 10.8. The van der Waals surface area contributed by atoms with Crippen LogP contribution in [0.15, 0.2) is 0 Å². The first-order valence-corrected chi connectivity index (χ1v) is 1.55. The molecule has 0 bridgehead atoms. The number of hydrogen-bond donors (Lipinski definition) is 1. The average Bonchev–Trinajstić information content (AvgIpc) is 1.35. The molecule has 1 N–H and O–H groups in total. The van der Waals surface area contributed by atoms with E-state index in [2.05, 4.69) is 0 Å². The summed E-state index contributed by atoms with van der Waals surface area (Å²) in [7, 11) is 0. The van der Waals surface area contributed by atoms with Gasteiger partial charge in [0.15, 0.2) is 0 Å². The Hall–Kier alpha value is -0.180. The predicted octanol–water partition coefficient (Wildman–Crippen LogP) is 0.797. The Morgan fingerprint density at radius 3 is 2.00 bits per heavy atom. The van der Waals surface area contributed by atoms with Crippen LogP contribution in [-0.2, 0) is 0 Å². The van der Waals surface area contributed by atoms with Crippen LogP contribution in [0.1, 0.15) is 6.42 Å². The highest BCUT2D eigenvalue weighted by molar-refractivity contribution is 4.55. The van der Waals surface area contributed by atoms with Crippen LogP contribution in [-0.4, -0.2) is 11.7 Å². The van der Waals surface area contributed by atoms with E-state index < -0.39 is 19.5 Å². The zero-order valence-electron chi connectivity index (χ0n) is 3.12. The molecule has 0 aliphatic carbocycles. The van der Waals surface area contributed by atoms with Crippen molar-refractivity contribution in [2.75, 3.05) is 6.61 Å². The molecule has 0 fully saturated rings. The number of halogens is 2. The van der Waals surface area contributed by atoms with Crippen LogP contribution in [0.25, 0.3) is 0 Å². The Morgan fingerprint density at radius 1 is 1.50 bits per heavy atom. The second kappa shape index (κ2) is 3.03. The van der Waals surface area contributed by atoms with Crippen molar-refractivity contribution in [3.05, 3.63) is 6.43 Å². The standard InChI is InChI=1S/C3H5F2O/c4-3(5)1-2-6/h6H,1-2H2. The summed E-state index contributed by atoms with van der Waals surface area (Å²) in [5, 5.41) is 7.74. The van der Waals surface area contributed by atoms with Crippen LogP contribution in [0.4, 0.5) is 8.78 Å². The smallest absolute Gasteiger partial charge is 0.312 e. The Labute approximate surface area is 34.6 Å². The number of rotatable bonds is 2. The number of hydrogen-bond acceptors (Lipinski definition) is 1. The summed E-state index contributed by atoms with van der Waals surface area (Å²) in [5.74, 6) is 0. The van der Waals surface area contributed by atoms with E-state index in [0.29, 0.717) is 0 Å². The Morgan fingerprint density at radius 2 is 2.00 bits per heavy atom. The van der Waals surface area contributed by atoms with Crippen LogP contribution in [0.5, 0.6) is 0 Å². The van der Waals surface area contributed by atoms with Gasteiger partial charge in [0, 0.05) is 13.0 Å². The van der Waals surface area contributed by atoms with E-state index in [4.69, 9.17) is 5.11 Å². The molecule has 0 spiro atoms. The molecule has 0 atom stereocenters. The minimum atomic E-state index is -1.71. The van der Waals surface area contributed by atoms with Gasteiger partial charge in [-0.1, -0.05) is 0 Å². The van der Waals surface area contributed by atoms with Crippen molar-refractivity contribution in [2.24, 2.45) is 0 Å². The topological polar surface area (TPSA) is 20.2 Å². The van der Waals surface area contributed by atoms with E-state index in [1.54, 1.807) is 0 Å². The molecule has 0 rings (SSSR count). The van der Waals surface area contributed by atoms with Crippen LogP contribution >= 0.6 is 0 Å². The molecular weight excluding hydrogens is 90.0 g/mol. The van der Waals surface area contributed by atoms with Crippen LogP contribution in [0.2, 0.25) is 0 Å². The van der Waals surface area contributed by atoms with Crippen LogP contribution in [0, 0.1) is 6.43 Å². The van der Waals surface area contributed by atoms with E-state index in [1.165, 1.54) is 0 Å². The lowest BCUT2D eigenvalue weighted by molar-refractivity contribution is 0.207. The van der Waals surface area contributed by atoms with Gasteiger partial charge in [-0.3, -0.25) is 0 Å². The second-order valence-corrected chi connectivity index (χ2v) is 0.812. The van der Waals surface area contributed by atoms with E-state index in [9.17, 15) is 8.78 Å². The molecule has 0 unspecified atom stereocenters. The largest absolute Gasteiger partial charge is 0.396 e. The maximum atomic E-state index is 10.8. The van der Waals surface area contributed by atoms with Crippen molar-refractivity contribution in [2.45, 2.75) is 6.42 Å². The number of aliphatic hydroxyl groups excluding tert-OH is 1. The van der Waals surface area contributed by atoms with Crippen molar-refractivity contribution in [1.82, 2.24) is 0 Å². The summed E-state index contributed by atoms with van der Waals surface area (Å²) >= 11 is 0. The number of aliphatic hydroxyl groups is 1. The summed E-state index contributed by atoms with van der Waals surface area (Å²) < 4.78 is 21.6. The quantitative estimate of drug-likeness (QED) is 0.537. The van der Waals surface area contributed by atoms with Gasteiger partial charge in [0.2, 0.25) is 0 Å². The second-order valence-electron chi connectivity index (χ2n) is 0.812. The monoisotopic (exact) mass is 95.0 g/mol. The van der Waals surface area contributed by atoms with Gasteiger partial charge in [-0.2, -0.15) is 8.78 Å². The summed E-state index contributed by atoms with van der Waals surface area (Å²) in [6.45, 7) is -0.456. The predicted molar refractivity (Wildman–Crippen MR) is 17.2 cm³/mol. The van der Waals surface area contributed by atoms with E-state index in [1.807, 2.05) is 0 Å². The van der Waals surface area contributed by atoms with Gasteiger partial charge < -0.3 is 5.11 Å². The van der Waals surface area contributed by atoms with Crippen molar-refractivity contribution in [1.29, 1.82) is 0 Å². The lowest BCUT2D eigenvalue weighted by Gasteiger charge is -1.85. The molecule has 0 saturated heterocycles. The maximum Gasteiger partial charge on any atom is 0.312 e. The summed E-state index contributed by atoms with van der Waals surface area (Å²) in [5.41, 5.74) is 0. The van der Waals surface area contributed by atoms with Gasteiger partial charge >= 0.3 is 6.43 Å². The first-order chi connectivity index (χ1) is 2.77. The minimum Gasteiger partial charge on any atom is -0.396 e. The fourth-order valence-electron chi connectivity index (χ4n) is 0.0845. The fourth-order valence-corrected chi connectivity index (χ4v) is 0.0845. The third-order valence-corrected chi connectivity index (χ3v) is 0.301. The molecule has 0 saturated carbocycles. The highest BCUT2D eigenvalue weighted by Crippen LogP contribution is 2.05. The fraction of sp³-hybridized carbons (Fsp3) is 0.667. The van der Waals surface area contributed by atoms with Gasteiger partial charge in [0.25, 0.3) is 0 Å². The van der Waals surface area contributed by atoms with Gasteiger partial charge in [-0.05, 0) is 0 Å². The van der Waals surface area contributed by atoms with Gasteiger partial charge in [0.1, 0.15) is 0 Å². The zero-order chi connectivity index (χ0) is 4.99. The molecule has 0 amide bonds. The highest BCUT2D eigenvalue weighted by Gasteiger charge is 2.00. The summed E-state index contributed by atoms with van der Waals surface area (Å²) in [6, 6.07) is 0. The third kappa shape index (κ3) is 3.82. The molecule has 37 valence electrons. The summed E-state index contributed by atoms with van der Waals surface area (Å²) in [4.78, 5) is 0. The normalized spacial score (nSPS) is 10.0. The van der Waals surface area contributed by atoms with Crippen LogP contribution < -0.4 is 0 Å². The van der Waals surface area contributed by atoms with E-state index in [-0.39, 0.29) is 0 Å². The van der Waals surface area contributed by atoms with Crippen LogP contribution in [0.3, 0.4) is 0 Å². The van der Waals surface area contributed by atoms with Gasteiger partial charge in [-0.15, -0.1) is 0 Å². The summed E-state index contributed by atoms with van der Waals surface area (Å²) in [6.07, 6.45) is -2.20. The minimum absolute atomic E-state index is 0.456. The average molecular weight is 95.1 g/mol. The molecule has 0 aliphatic rings. The van der Waals surface area contributed by atoms with Crippen molar-refractivity contribution in [3.63, 3.8) is 0 Å². The molecule has 0 aromatic carbocycles. The molecular formula is C3H5F2O. The van der Waals surface area contributed by atoms with E-state index in [0.717, 1.165) is 0 Å². The van der Waals surface area contributed by atoms with E-state index >= 15 is 0 Å². The molecule has 1 nitrogen and oxygen atoms in total. The van der Waals surface area contributed by atoms with Crippen molar-refractivity contribution < 1.29 is 13.9 Å². The Bertz CT molecular complexity index is 30.0. The SMILES string of the molecule is OCC[C](F)F. The Balaban J connectivity index is 2.63. The van der Waals surface area contributed by atoms with Crippen molar-refractivity contribution in [3.8, 4) is 0 Å². The first kappa shape index (κ1) is 5.82. The molecule has 0 aliphatic heterocycles. The third-order valence-electron chi connectivity index (χ3n) is 0.301. The Kier molecular flexibility index (Phi) is 2.94. The molecule has 0 aromatic heterocycles. The van der Waals surface area contributed by atoms with Gasteiger partial charge in [0.05, 0.1) is 0 Å². The van der Waals surface area contributed by atoms with Crippen molar-refractivity contribution >= 4 is 0 Å². The molecule has 0 heterocycles. The zero-order valence-corrected chi connectivity index (χ0v) is 3.12. The van der Waals surface area contributed by atoms with Gasteiger partial charge in [-0.25, -0.2) is 0 Å². The highest BCUT2D eigenvalue weighted by atomic mass is 19.3. The lowest BCUT2D eigenvalue weighted by Crippen LogP contribution is -1.84. The molecule has 3 heteroatoms. The lowest BCUT2D eigenvalue weighted by atomic mass is 10.5.